The van der Waals surface area contributed by atoms with Crippen molar-refractivity contribution in [3.63, 3.8) is 0 Å². The SMILES string of the molecule is OC1CNCc2cccc3c2N1CC1CCCC31. The number of hydrogen-bond donors (Lipinski definition) is 2. The Labute approximate surface area is 108 Å². The van der Waals surface area contributed by atoms with E-state index in [9.17, 15) is 5.11 Å². The second-order valence-electron chi connectivity index (χ2n) is 5.92. The molecule has 3 aliphatic rings. The number of fused-ring (bicyclic) bond motifs is 2. The van der Waals surface area contributed by atoms with E-state index in [0.717, 1.165) is 24.9 Å². The van der Waals surface area contributed by atoms with Gasteiger partial charge in [-0.2, -0.15) is 0 Å². The average Bonchev–Trinajstić information content (AvgIpc) is 2.79. The summed E-state index contributed by atoms with van der Waals surface area (Å²) in [5, 5.41) is 13.7. The van der Waals surface area contributed by atoms with Crippen LogP contribution >= 0.6 is 0 Å². The van der Waals surface area contributed by atoms with Crippen molar-refractivity contribution in [2.45, 2.75) is 38.0 Å². The van der Waals surface area contributed by atoms with Crippen LogP contribution in [0, 0.1) is 5.92 Å². The van der Waals surface area contributed by atoms with E-state index in [-0.39, 0.29) is 6.23 Å². The van der Waals surface area contributed by atoms with E-state index in [1.54, 1.807) is 0 Å². The van der Waals surface area contributed by atoms with Gasteiger partial charge in [0.2, 0.25) is 0 Å². The molecule has 0 amide bonds. The number of β-amino-alcohol motifs (C(OH)–C–C–N with tert-alkyl or cyclic N) is 1. The topological polar surface area (TPSA) is 35.5 Å². The van der Waals surface area contributed by atoms with E-state index in [0.29, 0.717) is 6.54 Å². The molecule has 1 aromatic carbocycles. The zero-order valence-corrected chi connectivity index (χ0v) is 10.6. The number of aliphatic hydroxyl groups is 1. The van der Waals surface area contributed by atoms with E-state index < -0.39 is 0 Å². The summed E-state index contributed by atoms with van der Waals surface area (Å²) in [5.74, 6) is 1.49. The minimum atomic E-state index is -0.367. The molecule has 3 nitrogen and oxygen atoms in total. The van der Waals surface area contributed by atoms with Crippen molar-refractivity contribution >= 4 is 5.69 Å². The van der Waals surface area contributed by atoms with Crippen LogP contribution < -0.4 is 10.2 Å². The van der Waals surface area contributed by atoms with Gasteiger partial charge in [0.15, 0.2) is 0 Å². The molecule has 3 heteroatoms. The predicted octanol–water partition coefficient (Wildman–Crippen LogP) is 1.81. The molecule has 0 spiro atoms. The number of aliphatic hydroxyl groups excluding tert-OH is 1. The highest BCUT2D eigenvalue weighted by atomic mass is 16.3. The third-order valence-corrected chi connectivity index (χ3v) is 4.93. The second kappa shape index (κ2) is 3.97. The summed E-state index contributed by atoms with van der Waals surface area (Å²) < 4.78 is 0. The monoisotopic (exact) mass is 244 g/mol. The molecule has 0 aromatic heterocycles. The first kappa shape index (κ1) is 10.8. The minimum absolute atomic E-state index is 0.367. The van der Waals surface area contributed by atoms with Crippen LogP contribution in [0.15, 0.2) is 18.2 Å². The summed E-state index contributed by atoms with van der Waals surface area (Å²) in [6.07, 6.45) is 3.64. The number of rotatable bonds is 0. The highest BCUT2D eigenvalue weighted by molar-refractivity contribution is 5.64. The van der Waals surface area contributed by atoms with Gasteiger partial charge in [-0.25, -0.2) is 0 Å². The lowest BCUT2D eigenvalue weighted by atomic mass is 9.82. The van der Waals surface area contributed by atoms with Crippen LogP contribution in [-0.2, 0) is 6.54 Å². The Morgan fingerprint density at radius 1 is 1.28 bits per heavy atom. The molecule has 2 heterocycles. The standard InChI is InChI=1S/C15H20N2O/c18-14-8-16-7-10-3-1-6-13-12-5-2-4-11(12)9-17(14)15(10)13/h1,3,6,11-12,14,16,18H,2,4-5,7-9H2. The molecule has 96 valence electrons. The van der Waals surface area contributed by atoms with Crippen LogP contribution in [0.3, 0.4) is 0 Å². The average molecular weight is 244 g/mol. The van der Waals surface area contributed by atoms with Gasteiger partial charge in [0.25, 0.3) is 0 Å². The van der Waals surface area contributed by atoms with Crippen LogP contribution in [0.5, 0.6) is 0 Å². The van der Waals surface area contributed by atoms with Crippen LogP contribution in [-0.4, -0.2) is 24.4 Å². The van der Waals surface area contributed by atoms with Gasteiger partial charge in [-0.05, 0) is 35.8 Å². The molecule has 3 atom stereocenters. The number of nitrogens with one attached hydrogen (secondary N) is 1. The van der Waals surface area contributed by atoms with E-state index in [4.69, 9.17) is 0 Å². The van der Waals surface area contributed by atoms with Gasteiger partial charge in [-0.3, -0.25) is 0 Å². The van der Waals surface area contributed by atoms with Crippen LogP contribution in [0.4, 0.5) is 5.69 Å². The summed E-state index contributed by atoms with van der Waals surface area (Å²) in [6.45, 7) is 2.59. The molecule has 1 aromatic rings. The van der Waals surface area contributed by atoms with Crippen molar-refractivity contribution in [2.24, 2.45) is 5.92 Å². The molecular weight excluding hydrogens is 224 g/mol. The van der Waals surface area contributed by atoms with Gasteiger partial charge in [0, 0.05) is 25.3 Å². The molecule has 1 aliphatic carbocycles. The van der Waals surface area contributed by atoms with Crippen molar-refractivity contribution in [2.75, 3.05) is 18.0 Å². The maximum Gasteiger partial charge on any atom is 0.139 e. The van der Waals surface area contributed by atoms with Crippen molar-refractivity contribution in [3.05, 3.63) is 29.3 Å². The van der Waals surface area contributed by atoms with E-state index >= 15 is 0 Å². The summed E-state index contributed by atoms with van der Waals surface area (Å²) >= 11 is 0. The second-order valence-corrected chi connectivity index (χ2v) is 5.92. The molecule has 18 heavy (non-hydrogen) atoms. The van der Waals surface area contributed by atoms with Crippen molar-refractivity contribution in [3.8, 4) is 0 Å². The zero-order valence-electron chi connectivity index (χ0n) is 10.6. The van der Waals surface area contributed by atoms with Gasteiger partial charge in [0.1, 0.15) is 6.23 Å². The number of anilines is 1. The fraction of sp³-hybridized carbons (Fsp3) is 0.600. The third-order valence-electron chi connectivity index (χ3n) is 4.93. The molecule has 0 saturated heterocycles. The van der Waals surface area contributed by atoms with Crippen molar-refractivity contribution in [1.29, 1.82) is 0 Å². The Morgan fingerprint density at radius 2 is 2.22 bits per heavy atom. The summed E-state index contributed by atoms with van der Waals surface area (Å²) in [4.78, 5) is 2.25. The first-order valence-corrected chi connectivity index (χ1v) is 7.12. The molecule has 1 saturated carbocycles. The minimum Gasteiger partial charge on any atom is -0.372 e. The highest BCUT2D eigenvalue weighted by Crippen LogP contribution is 2.49. The number of para-hydroxylation sites is 1. The van der Waals surface area contributed by atoms with Gasteiger partial charge < -0.3 is 15.3 Å². The molecule has 0 radical (unpaired) electrons. The fourth-order valence-electron chi connectivity index (χ4n) is 4.13. The van der Waals surface area contributed by atoms with Gasteiger partial charge >= 0.3 is 0 Å². The molecule has 1 fully saturated rings. The molecule has 2 aliphatic heterocycles. The number of nitrogens with zero attached hydrogens (tertiary/aromatic N) is 1. The Kier molecular flexibility index (Phi) is 2.39. The summed E-state index contributed by atoms with van der Waals surface area (Å²) in [5.41, 5.74) is 4.18. The van der Waals surface area contributed by atoms with Crippen LogP contribution in [0.2, 0.25) is 0 Å². The van der Waals surface area contributed by atoms with Crippen LogP contribution in [0.1, 0.15) is 36.3 Å². The number of benzene rings is 1. The van der Waals surface area contributed by atoms with Crippen molar-refractivity contribution in [1.82, 2.24) is 5.32 Å². The normalized spacial score (nSPS) is 33.8. The first-order chi connectivity index (χ1) is 8.84. The highest BCUT2D eigenvalue weighted by Gasteiger charge is 2.39. The zero-order chi connectivity index (χ0) is 12.1. The fourth-order valence-corrected chi connectivity index (χ4v) is 4.13. The summed E-state index contributed by atoms with van der Waals surface area (Å²) in [6, 6.07) is 6.67. The lowest BCUT2D eigenvalue weighted by Gasteiger charge is -2.40. The Hall–Kier alpha value is -1.06. The Bertz CT molecular complexity index is 474. The lowest BCUT2D eigenvalue weighted by molar-refractivity contribution is 0.159. The van der Waals surface area contributed by atoms with Crippen molar-refractivity contribution < 1.29 is 5.11 Å². The van der Waals surface area contributed by atoms with Gasteiger partial charge in [-0.15, -0.1) is 0 Å². The first-order valence-electron chi connectivity index (χ1n) is 7.12. The quantitative estimate of drug-likeness (QED) is 0.730. The predicted molar refractivity (Wildman–Crippen MR) is 71.6 cm³/mol. The van der Waals surface area contributed by atoms with Gasteiger partial charge in [0.05, 0.1) is 0 Å². The number of hydrogen-bond acceptors (Lipinski definition) is 3. The molecule has 0 bridgehead atoms. The Morgan fingerprint density at radius 3 is 3.17 bits per heavy atom. The van der Waals surface area contributed by atoms with E-state index in [1.165, 1.54) is 36.1 Å². The van der Waals surface area contributed by atoms with E-state index in [1.807, 2.05) is 0 Å². The maximum atomic E-state index is 10.3. The summed E-state index contributed by atoms with van der Waals surface area (Å²) in [7, 11) is 0. The van der Waals surface area contributed by atoms with E-state index in [2.05, 4.69) is 28.4 Å². The molecular formula is C15H20N2O. The van der Waals surface area contributed by atoms with Gasteiger partial charge in [-0.1, -0.05) is 24.6 Å². The lowest BCUT2D eigenvalue weighted by Crippen LogP contribution is -2.45. The third kappa shape index (κ3) is 1.44. The van der Waals surface area contributed by atoms with Crippen LogP contribution in [0.25, 0.3) is 0 Å². The largest absolute Gasteiger partial charge is 0.372 e. The molecule has 3 unspecified atom stereocenters. The maximum absolute atomic E-state index is 10.3. The molecule has 4 rings (SSSR count). The Balaban J connectivity index is 1.89. The molecule has 2 N–H and O–H groups in total. The smallest absolute Gasteiger partial charge is 0.139 e.